The average molecular weight is 619 g/mol. The van der Waals surface area contributed by atoms with E-state index in [9.17, 15) is 14.4 Å². The predicted octanol–water partition coefficient (Wildman–Crippen LogP) is 8.94. The number of allylic oxidation sites excluding steroid dienone is 2. The summed E-state index contributed by atoms with van der Waals surface area (Å²) < 4.78 is 11.3. The van der Waals surface area contributed by atoms with Gasteiger partial charge in [-0.25, -0.2) is 0 Å². The molecule has 10 rings (SSSR count). The maximum Gasteiger partial charge on any atom is 0.293 e. The number of hydrogen-bond acceptors (Lipinski definition) is 5. The average Bonchev–Trinajstić information content (AvgIpc) is 2.99. The van der Waals surface area contributed by atoms with Crippen LogP contribution < -0.4 is 0 Å². The molecule has 248 valence electrons. The first kappa shape index (κ1) is 31.7. The molecule has 0 unspecified atom stereocenters. The smallest absolute Gasteiger partial charge is 0.293 e. The summed E-state index contributed by atoms with van der Waals surface area (Å²) in [4.78, 5) is 35.2. The van der Waals surface area contributed by atoms with Crippen molar-refractivity contribution >= 4 is 18.7 Å². The predicted molar refractivity (Wildman–Crippen MR) is 175 cm³/mol. The molecule has 2 spiro atoms. The van der Waals surface area contributed by atoms with E-state index < -0.39 is 0 Å². The van der Waals surface area contributed by atoms with Crippen LogP contribution in [0.2, 0.25) is 0 Å². The second kappa shape index (κ2) is 10.5. The van der Waals surface area contributed by atoms with Gasteiger partial charge in [-0.15, -0.1) is 0 Å². The van der Waals surface area contributed by atoms with Crippen molar-refractivity contribution in [3.63, 3.8) is 0 Å². The fourth-order valence-electron chi connectivity index (χ4n) is 14.6. The minimum atomic E-state index is -0.354. The highest BCUT2D eigenvalue weighted by Gasteiger charge is 2.68. The highest BCUT2D eigenvalue weighted by Crippen LogP contribution is 2.72. The molecule has 0 amide bonds. The zero-order valence-electron chi connectivity index (χ0n) is 28.6. The molecular formula is C40H58O5. The summed E-state index contributed by atoms with van der Waals surface area (Å²) >= 11 is 0. The lowest BCUT2D eigenvalue weighted by molar-refractivity contribution is -0.207. The normalized spacial score (nSPS) is 52.7. The maximum absolute atomic E-state index is 13.1. The van der Waals surface area contributed by atoms with Crippen LogP contribution in [0, 0.1) is 57.2 Å². The van der Waals surface area contributed by atoms with Crippen LogP contribution in [0.4, 0.5) is 0 Å². The standard InChI is InChI=1S/C20H28O3.C20H30O2/c1-13-14-5-9-20(17(13)22)10-6-15-18(2,16(20)11-14)7-4-8-19(15,3)23-12-21;1-14-12-20-9-5-15(14)11-17(20)18(2)7-4-8-19(3,22-13-21)16(18)6-10-20/h12,14-16H,1,4-11H2,2-3H3;13,15-17H,1,4-12H2,2-3H3/t14-,15-,16-,18+,19+,20-;15-,16-,17-,18+,19+,20+/m00/s1. The van der Waals surface area contributed by atoms with Crippen LogP contribution in [0.25, 0.3) is 0 Å². The molecule has 0 heterocycles. The molecule has 0 aromatic rings. The van der Waals surface area contributed by atoms with Crippen LogP contribution in [0.1, 0.15) is 137 Å². The summed E-state index contributed by atoms with van der Waals surface area (Å²) in [7, 11) is 0. The molecule has 4 bridgehead atoms. The van der Waals surface area contributed by atoms with Crippen molar-refractivity contribution in [3.05, 3.63) is 24.3 Å². The topological polar surface area (TPSA) is 69.7 Å². The number of Topliss-reactive ketones (excluding diaryl/α,β-unsaturated/α-hetero) is 1. The second-order valence-electron chi connectivity index (χ2n) is 18.2. The molecule has 10 aliphatic rings. The van der Waals surface area contributed by atoms with E-state index in [2.05, 4.69) is 40.9 Å². The van der Waals surface area contributed by atoms with Crippen molar-refractivity contribution in [2.75, 3.05) is 0 Å². The second-order valence-corrected chi connectivity index (χ2v) is 18.2. The van der Waals surface area contributed by atoms with Gasteiger partial charge in [-0.2, -0.15) is 0 Å². The van der Waals surface area contributed by atoms with Crippen molar-refractivity contribution in [1.29, 1.82) is 0 Å². The van der Waals surface area contributed by atoms with Gasteiger partial charge in [0.1, 0.15) is 11.2 Å². The van der Waals surface area contributed by atoms with Crippen LogP contribution in [0.3, 0.4) is 0 Å². The molecular weight excluding hydrogens is 560 g/mol. The van der Waals surface area contributed by atoms with Gasteiger partial charge in [-0.3, -0.25) is 14.4 Å². The van der Waals surface area contributed by atoms with Crippen LogP contribution in [-0.4, -0.2) is 29.9 Å². The van der Waals surface area contributed by atoms with E-state index in [4.69, 9.17) is 9.47 Å². The third kappa shape index (κ3) is 4.32. The molecule has 10 fully saturated rings. The molecule has 0 aromatic heterocycles. The summed E-state index contributed by atoms with van der Waals surface area (Å²) in [5.74, 6) is 3.71. The van der Waals surface area contributed by atoms with E-state index >= 15 is 0 Å². The minimum Gasteiger partial charge on any atom is -0.461 e. The maximum atomic E-state index is 13.1. The van der Waals surface area contributed by atoms with Crippen molar-refractivity contribution in [1.82, 2.24) is 0 Å². The largest absolute Gasteiger partial charge is 0.461 e. The highest BCUT2D eigenvalue weighted by atomic mass is 16.5. The summed E-state index contributed by atoms with van der Waals surface area (Å²) in [5.41, 5.74) is 2.69. The third-order valence-electron chi connectivity index (χ3n) is 16.6. The first-order valence-corrected chi connectivity index (χ1v) is 18.5. The van der Waals surface area contributed by atoms with E-state index in [1.54, 1.807) is 0 Å². The molecule has 10 saturated carbocycles. The Balaban J connectivity index is 0.000000145. The van der Waals surface area contributed by atoms with E-state index in [0.29, 0.717) is 53.2 Å². The summed E-state index contributed by atoms with van der Waals surface area (Å²) in [5, 5.41) is 0. The van der Waals surface area contributed by atoms with E-state index in [0.717, 1.165) is 75.2 Å². The van der Waals surface area contributed by atoms with Crippen LogP contribution in [-0.2, 0) is 23.9 Å². The third-order valence-corrected chi connectivity index (χ3v) is 16.6. The molecule has 45 heavy (non-hydrogen) atoms. The molecule has 5 nitrogen and oxygen atoms in total. The van der Waals surface area contributed by atoms with Gasteiger partial charge in [-0.05, 0) is 168 Å². The molecule has 0 aromatic carbocycles. The van der Waals surface area contributed by atoms with E-state index in [1.807, 2.05) is 0 Å². The van der Waals surface area contributed by atoms with E-state index in [-0.39, 0.29) is 22.0 Å². The van der Waals surface area contributed by atoms with Gasteiger partial charge in [0.05, 0.1) is 0 Å². The Hall–Kier alpha value is -1.91. The minimum absolute atomic E-state index is 0.114. The SMILES string of the molecule is C=C1C(=O)[C@]23CC[C@H]1C[C@H]2[C@]1(C)CCC[C@@](C)(OC=O)[C@H]1CC3.C=C1C[C@]23CC[C@H]1C[C@H]2[C@]1(C)CCC[C@@](C)(OC=O)[C@H]1CC3. The molecule has 12 atom stereocenters. The molecule has 5 heteroatoms. The Morgan fingerprint density at radius 2 is 1.16 bits per heavy atom. The Morgan fingerprint density at radius 3 is 1.76 bits per heavy atom. The quantitative estimate of drug-likeness (QED) is 0.179. The van der Waals surface area contributed by atoms with Crippen LogP contribution >= 0.6 is 0 Å². The monoisotopic (exact) mass is 618 g/mol. The Bertz CT molecular complexity index is 1290. The molecule has 0 N–H and O–H groups in total. The van der Waals surface area contributed by atoms with Gasteiger partial charge in [0.25, 0.3) is 12.9 Å². The number of hydrogen-bond donors (Lipinski definition) is 0. The molecule has 0 saturated heterocycles. The zero-order valence-corrected chi connectivity index (χ0v) is 28.6. The van der Waals surface area contributed by atoms with E-state index in [1.165, 1.54) is 56.9 Å². The van der Waals surface area contributed by atoms with Gasteiger partial charge in [-0.1, -0.05) is 32.6 Å². The van der Waals surface area contributed by atoms with Crippen molar-refractivity contribution < 1.29 is 23.9 Å². The summed E-state index contributed by atoms with van der Waals surface area (Å²) in [6.07, 6.45) is 20.0. The van der Waals surface area contributed by atoms with Crippen LogP contribution in [0.15, 0.2) is 24.3 Å². The number of carbonyl (C=O) groups is 3. The fourth-order valence-corrected chi connectivity index (χ4v) is 14.6. The van der Waals surface area contributed by atoms with Crippen molar-refractivity contribution in [2.45, 2.75) is 148 Å². The number of fused-ring (bicyclic) bond motifs is 6. The zero-order chi connectivity index (χ0) is 32.0. The number of rotatable bonds is 4. The Labute approximate surface area is 271 Å². The molecule has 0 radical (unpaired) electrons. The number of carbonyl (C=O) groups excluding carboxylic acids is 3. The molecule has 10 aliphatic carbocycles. The fraction of sp³-hybridized carbons (Fsp3) is 0.825. The lowest BCUT2D eigenvalue weighted by Gasteiger charge is -2.67. The Kier molecular flexibility index (Phi) is 7.42. The van der Waals surface area contributed by atoms with Gasteiger partial charge in [0.2, 0.25) is 0 Å². The van der Waals surface area contributed by atoms with Gasteiger partial charge in [0.15, 0.2) is 5.78 Å². The van der Waals surface area contributed by atoms with Crippen molar-refractivity contribution in [3.8, 4) is 0 Å². The van der Waals surface area contributed by atoms with Crippen LogP contribution in [0.5, 0.6) is 0 Å². The van der Waals surface area contributed by atoms with Gasteiger partial charge >= 0.3 is 0 Å². The summed E-state index contributed by atoms with van der Waals surface area (Å²) in [6, 6.07) is 0. The molecule has 0 aliphatic heterocycles. The highest BCUT2D eigenvalue weighted by molar-refractivity contribution is 6.02. The first-order chi connectivity index (χ1) is 21.3. The van der Waals surface area contributed by atoms with Gasteiger partial charge < -0.3 is 9.47 Å². The first-order valence-electron chi connectivity index (χ1n) is 18.5. The van der Waals surface area contributed by atoms with Gasteiger partial charge in [0, 0.05) is 17.3 Å². The van der Waals surface area contributed by atoms with Crippen molar-refractivity contribution in [2.24, 2.45) is 57.2 Å². The number of ketones is 1. The Morgan fingerprint density at radius 1 is 0.644 bits per heavy atom. The summed E-state index contributed by atoms with van der Waals surface area (Å²) in [6.45, 7) is 19.1. The number of ether oxygens (including phenoxy) is 2. The lowest BCUT2D eigenvalue weighted by atomic mass is 9.38. The lowest BCUT2D eigenvalue weighted by Crippen LogP contribution is -2.64.